The van der Waals surface area contributed by atoms with E-state index in [1.54, 1.807) is 0 Å². The summed E-state index contributed by atoms with van der Waals surface area (Å²) in [6.07, 6.45) is 0. The van der Waals surface area contributed by atoms with Crippen LogP contribution < -0.4 is 20.1 Å². The van der Waals surface area contributed by atoms with Crippen LogP contribution in [0.15, 0.2) is 42.5 Å². The quantitative estimate of drug-likeness (QED) is 0.884. The van der Waals surface area contributed by atoms with Crippen LogP contribution >= 0.6 is 0 Å². The van der Waals surface area contributed by atoms with Crippen molar-refractivity contribution in [2.45, 2.75) is 0 Å². The summed E-state index contributed by atoms with van der Waals surface area (Å²) < 4.78 is 11.1. The average Bonchev–Trinajstić information content (AvgIpc) is 2.47. The van der Waals surface area contributed by atoms with Gasteiger partial charge in [0.05, 0.1) is 0 Å². The lowest BCUT2D eigenvalue weighted by Crippen LogP contribution is -2.15. The van der Waals surface area contributed by atoms with Gasteiger partial charge < -0.3 is 20.1 Å². The van der Waals surface area contributed by atoms with Gasteiger partial charge in [-0.1, -0.05) is 6.07 Å². The lowest BCUT2D eigenvalue weighted by atomic mass is 10.2. The highest BCUT2D eigenvalue weighted by Gasteiger charge is 2.11. The van der Waals surface area contributed by atoms with Gasteiger partial charge in [0.15, 0.2) is 11.5 Å². The van der Waals surface area contributed by atoms with Crippen LogP contribution in [0.25, 0.3) is 0 Å². The van der Waals surface area contributed by atoms with E-state index in [2.05, 4.69) is 16.7 Å². The predicted molar refractivity (Wildman–Crippen MR) is 76.7 cm³/mol. The van der Waals surface area contributed by atoms with Gasteiger partial charge in [-0.15, -0.1) is 0 Å². The summed E-state index contributed by atoms with van der Waals surface area (Å²) in [5.41, 5.74) is 3.09. The van der Waals surface area contributed by atoms with Crippen molar-refractivity contribution < 1.29 is 9.47 Å². The van der Waals surface area contributed by atoms with Gasteiger partial charge >= 0.3 is 0 Å². The Morgan fingerprint density at radius 1 is 0.842 bits per heavy atom. The van der Waals surface area contributed by atoms with E-state index in [1.807, 2.05) is 43.4 Å². The number of hydrogen-bond donors (Lipinski definition) is 2. The number of anilines is 3. The molecule has 0 saturated carbocycles. The second kappa shape index (κ2) is 5.10. The minimum absolute atomic E-state index is 0.603. The fraction of sp³-hybridized carbons (Fsp3) is 0.200. The molecule has 0 fully saturated rings. The Hall–Kier alpha value is -2.36. The largest absolute Gasteiger partial charge is 0.486 e. The van der Waals surface area contributed by atoms with E-state index in [9.17, 15) is 0 Å². The fourth-order valence-corrected chi connectivity index (χ4v) is 2.04. The van der Waals surface area contributed by atoms with Crippen molar-refractivity contribution in [2.75, 3.05) is 30.9 Å². The molecule has 4 nitrogen and oxygen atoms in total. The van der Waals surface area contributed by atoms with Crippen LogP contribution in [0, 0.1) is 0 Å². The van der Waals surface area contributed by atoms with Crippen LogP contribution in [0.4, 0.5) is 17.1 Å². The van der Waals surface area contributed by atoms with Crippen molar-refractivity contribution in [1.29, 1.82) is 0 Å². The van der Waals surface area contributed by atoms with E-state index < -0.39 is 0 Å². The predicted octanol–water partition coefficient (Wildman–Crippen LogP) is 3.24. The number of hydrogen-bond acceptors (Lipinski definition) is 4. The van der Waals surface area contributed by atoms with Crippen molar-refractivity contribution in [3.63, 3.8) is 0 Å². The van der Waals surface area contributed by atoms with Crippen LogP contribution in [0.1, 0.15) is 0 Å². The molecule has 3 rings (SSSR count). The second-order valence-electron chi connectivity index (χ2n) is 4.31. The molecule has 0 radical (unpaired) electrons. The molecular formula is C15H16N2O2. The normalized spacial score (nSPS) is 12.9. The topological polar surface area (TPSA) is 42.5 Å². The second-order valence-corrected chi connectivity index (χ2v) is 4.31. The summed E-state index contributed by atoms with van der Waals surface area (Å²) in [6, 6.07) is 14.0. The van der Waals surface area contributed by atoms with Crippen molar-refractivity contribution in [1.82, 2.24) is 0 Å². The smallest absolute Gasteiger partial charge is 0.163 e. The zero-order valence-electron chi connectivity index (χ0n) is 10.8. The Labute approximate surface area is 112 Å². The van der Waals surface area contributed by atoms with Crippen molar-refractivity contribution >= 4 is 17.1 Å². The lowest BCUT2D eigenvalue weighted by molar-refractivity contribution is 0.171. The molecule has 0 amide bonds. The molecule has 1 heterocycles. The van der Waals surface area contributed by atoms with E-state index >= 15 is 0 Å². The highest BCUT2D eigenvalue weighted by Crippen LogP contribution is 2.33. The zero-order chi connectivity index (χ0) is 13.1. The maximum Gasteiger partial charge on any atom is 0.163 e. The van der Waals surface area contributed by atoms with Gasteiger partial charge in [0, 0.05) is 30.2 Å². The molecule has 0 unspecified atom stereocenters. The van der Waals surface area contributed by atoms with Crippen molar-refractivity contribution in [3.8, 4) is 11.5 Å². The molecule has 2 aromatic rings. The molecule has 1 aliphatic rings. The third-order valence-corrected chi connectivity index (χ3v) is 2.98. The number of fused-ring (bicyclic) bond motifs is 1. The van der Waals surface area contributed by atoms with Crippen molar-refractivity contribution in [3.05, 3.63) is 42.5 Å². The van der Waals surface area contributed by atoms with E-state index in [1.165, 1.54) is 0 Å². The molecular weight excluding hydrogens is 240 g/mol. The molecule has 2 N–H and O–H groups in total. The summed E-state index contributed by atoms with van der Waals surface area (Å²) in [7, 11) is 1.91. The molecule has 0 saturated heterocycles. The molecule has 1 aliphatic heterocycles. The van der Waals surface area contributed by atoms with Crippen LogP contribution in [0.3, 0.4) is 0 Å². The number of ether oxygens (including phenoxy) is 2. The first-order chi connectivity index (χ1) is 9.35. The van der Waals surface area contributed by atoms with Gasteiger partial charge in [0.1, 0.15) is 13.2 Å². The number of benzene rings is 2. The Morgan fingerprint density at radius 2 is 1.58 bits per heavy atom. The monoisotopic (exact) mass is 256 g/mol. The minimum atomic E-state index is 0.603. The summed E-state index contributed by atoms with van der Waals surface area (Å²) in [4.78, 5) is 0. The first-order valence-corrected chi connectivity index (χ1v) is 6.29. The summed E-state index contributed by atoms with van der Waals surface area (Å²) in [6.45, 7) is 1.22. The number of rotatable bonds is 3. The highest BCUT2D eigenvalue weighted by molar-refractivity contribution is 5.66. The maximum atomic E-state index is 5.57. The van der Waals surface area contributed by atoms with Gasteiger partial charge in [-0.25, -0.2) is 0 Å². The minimum Gasteiger partial charge on any atom is -0.486 e. The first-order valence-electron chi connectivity index (χ1n) is 6.29. The molecule has 19 heavy (non-hydrogen) atoms. The average molecular weight is 256 g/mol. The molecule has 0 atom stereocenters. The Morgan fingerprint density at radius 3 is 2.42 bits per heavy atom. The van der Waals surface area contributed by atoms with Crippen LogP contribution in [0.2, 0.25) is 0 Å². The van der Waals surface area contributed by atoms with E-state index in [0.717, 1.165) is 28.6 Å². The van der Waals surface area contributed by atoms with Crippen LogP contribution in [-0.2, 0) is 0 Å². The van der Waals surface area contributed by atoms with Gasteiger partial charge in [-0.3, -0.25) is 0 Å². The Kier molecular flexibility index (Phi) is 3.14. The molecule has 98 valence electrons. The SMILES string of the molecule is CNc1cccc(Nc2ccc3c(c2)OCCO3)c1. The van der Waals surface area contributed by atoms with Gasteiger partial charge in [-0.05, 0) is 30.3 Å². The number of nitrogens with one attached hydrogen (secondary N) is 2. The van der Waals surface area contributed by atoms with Gasteiger partial charge in [0.25, 0.3) is 0 Å². The molecule has 0 aliphatic carbocycles. The van der Waals surface area contributed by atoms with Crippen LogP contribution in [0.5, 0.6) is 11.5 Å². The summed E-state index contributed by atoms with van der Waals surface area (Å²) in [5.74, 6) is 1.60. The van der Waals surface area contributed by atoms with E-state index in [-0.39, 0.29) is 0 Å². The molecule has 0 bridgehead atoms. The maximum absolute atomic E-state index is 5.57. The van der Waals surface area contributed by atoms with Gasteiger partial charge in [0.2, 0.25) is 0 Å². The Balaban J connectivity index is 1.82. The van der Waals surface area contributed by atoms with Gasteiger partial charge in [-0.2, -0.15) is 0 Å². The molecule has 0 aromatic heterocycles. The summed E-state index contributed by atoms with van der Waals surface area (Å²) in [5, 5.41) is 6.47. The third kappa shape index (κ3) is 2.57. The van der Waals surface area contributed by atoms with Crippen molar-refractivity contribution in [2.24, 2.45) is 0 Å². The lowest BCUT2D eigenvalue weighted by Gasteiger charge is -2.19. The molecule has 0 spiro atoms. The Bertz CT molecular complexity index is 584. The standard InChI is InChI=1S/C15H16N2O2/c1-16-11-3-2-4-12(9-11)17-13-5-6-14-15(10-13)19-8-7-18-14/h2-6,9-10,16-17H,7-8H2,1H3. The highest BCUT2D eigenvalue weighted by atomic mass is 16.6. The van der Waals surface area contributed by atoms with E-state index in [0.29, 0.717) is 13.2 Å². The first kappa shape index (κ1) is 11.7. The third-order valence-electron chi connectivity index (χ3n) is 2.98. The molecule has 2 aromatic carbocycles. The zero-order valence-corrected chi connectivity index (χ0v) is 10.8. The summed E-state index contributed by atoms with van der Waals surface area (Å²) >= 11 is 0. The fourth-order valence-electron chi connectivity index (χ4n) is 2.04. The van der Waals surface area contributed by atoms with Crippen LogP contribution in [-0.4, -0.2) is 20.3 Å². The molecule has 4 heteroatoms. The van der Waals surface area contributed by atoms with E-state index in [4.69, 9.17) is 9.47 Å².